The number of piperidine rings is 1. The average Bonchev–Trinajstić information content (AvgIpc) is 2.42. The maximum absolute atomic E-state index is 6.08. The van der Waals surface area contributed by atoms with E-state index in [9.17, 15) is 0 Å². The van der Waals surface area contributed by atoms with E-state index in [-0.39, 0.29) is 0 Å². The van der Waals surface area contributed by atoms with Gasteiger partial charge in [-0.3, -0.25) is 0 Å². The fourth-order valence-electron chi connectivity index (χ4n) is 2.45. The van der Waals surface area contributed by atoms with Gasteiger partial charge in [0, 0.05) is 24.7 Å². The molecule has 94 valence electrons. The van der Waals surface area contributed by atoms with E-state index < -0.39 is 0 Å². The highest BCUT2D eigenvalue weighted by atomic mass is 16.5. The van der Waals surface area contributed by atoms with Gasteiger partial charge in [0.05, 0.1) is 0 Å². The van der Waals surface area contributed by atoms with Crippen LogP contribution in [-0.4, -0.2) is 36.1 Å². The van der Waals surface area contributed by atoms with E-state index in [1.165, 1.54) is 5.39 Å². The van der Waals surface area contributed by atoms with Crippen LogP contribution in [0.15, 0.2) is 36.5 Å². The third kappa shape index (κ3) is 2.31. The molecule has 1 aliphatic heterocycles. The number of nitrogens with zero attached hydrogens (tertiary/aromatic N) is 2. The van der Waals surface area contributed by atoms with Crippen LogP contribution in [0.25, 0.3) is 10.8 Å². The van der Waals surface area contributed by atoms with Gasteiger partial charge in [-0.2, -0.15) is 0 Å². The molecule has 1 fully saturated rings. The van der Waals surface area contributed by atoms with Crippen molar-refractivity contribution in [3.63, 3.8) is 0 Å². The van der Waals surface area contributed by atoms with Crippen molar-refractivity contribution in [2.75, 3.05) is 20.1 Å². The molecule has 0 radical (unpaired) electrons. The van der Waals surface area contributed by atoms with E-state index in [0.29, 0.717) is 6.10 Å². The van der Waals surface area contributed by atoms with E-state index in [1.54, 1.807) is 0 Å². The number of likely N-dealkylation sites (tertiary alicyclic amines) is 1. The summed E-state index contributed by atoms with van der Waals surface area (Å²) in [7, 11) is 2.16. The number of aromatic nitrogens is 1. The quantitative estimate of drug-likeness (QED) is 0.809. The Morgan fingerprint density at radius 2 is 1.94 bits per heavy atom. The maximum atomic E-state index is 6.08. The first-order valence-electron chi connectivity index (χ1n) is 6.52. The highest BCUT2D eigenvalue weighted by Crippen LogP contribution is 2.25. The second-order valence-electron chi connectivity index (χ2n) is 4.96. The van der Waals surface area contributed by atoms with Crippen molar-refractivity contribution in [3.05, 3.63) is 36.5 Å². The zero-order chi connectivity index (χ0) is 12.4. The normalized spacial score (nSPS) is 18.1. The minimum absolute atomic E-state index is 0.305. The number of hydrogen-bond donors (Lipinski definition) is 0. The Bertz CT molecular complexity index is 528. The molecule has 0 spiro atoms. The molecule has 0 bridgehead atoms. The molecular formula is C15H18N2O. The molecular weight excluding hydrogens is 224 g/mol. The van der Waals surface area contributed by atoms with Gasteiger partial charge in [-0.15, -0.1) is 0 Å². The number of fused-ring (bicyclic) bond motifs is 1. The molecule has 3 heteroatoms. The third-order valence-electron chi connectivity index (χ3n) is 3.58. The zero-order valence-electron chi connectivity index (χ0n) is 10.7. The lowest BCUT2D eigenvalue weighted by Crippen LogP contribution is -2.35. The van der Waals surface area contributed by atoms with Gasteiger partial charge in [0.25, 0.3) is 0 Å². The van der Waals surface area contributed by atoms with Crippen molar-refractivity contribution in [3.8, 4) is 5.88 Å². The molecule has 1 aromatic carbocycles. The smallest absolute Gasteiger partial charge is 0.221 e. The van der Waals surface area contributed by atoms with Crippen molar-refractivity contribution in [1.29, 1.82) is 0 Å². The Hall–Kier alpha value is -1.61. The van der Waals surface area contributed by atoms with Gasteiger partial charge in [-0.25, -0.2) is 4.98 Å². The standard InChI is InChI=1S/C15H18N2O/c1-17-10-7-13(8-11-17)18-15-14-5-3-2-4-12(14)6-9-16-15/h2-6,9,13H,7-8,10-11H2,1H3. The molecule has 0 aliphatic carbocycles. The molecule has 3 nitrogen and oxygen atoms in total. The van der Waals surface area contributed by atoms with E-state index in [4.69, 9.17) is 4.74 Å². The fourth-order valence-corrected chi connectivity index (χ4v) is 2.45. The van der Waals surface area contributed by atoms with Crippen molar-refractivity contribution in [2.45, 2.75) is 18.9 Å². The zero-order valence-corrected chi connectivity index (χ0v) is 10.7. The predicted molar refractivity (Wildman–Crippen MR) is 72.9 cm³/mol. The Morgan fingerprint density at radius 1 is 1.17 bits per heavy atom. The molecule has 1 aromatic heterocycles. The lowest BCUT2D eigenvalue weighted by molar-refractivity contribution is 0.111. The SMILES string of the molecule is CN1CCC(Oc2nccc3ccccc23)CC1. The summed E-state index contributed by atoms with van der Waals surface area (Å²) in [5.41, 5.74) is 0. The first kappa shape index (κ1) is 11.5. The minimum Gasteiger partial charge on any atom is -0.474 e. The summed E-state index contributed by atoms with van der Waals surface area (Å²) >= 11 is 0. The van der Waals surface area contributed by atoms with E-state index in [1.807, 2.05) is 24.4 Å². The van der Waals surface area contributed by atoms with Crippen LogP contribution in [0.2, 0.25) is 0 Å². The van der Waals surface area contributed by atoms with Gasteiger partial charge >= 0.3 is 0 Å². The van der Waals surface area contributed by atoms with Crippen LogP contribution in [0.3, 0.4) is 0 Å². The third-order valence-corrected chi connectivity index (χ3v) is 3.58. The largest absolute Gasteiger partial charge is 0.474 e. The molecule has 18 heavy (non-hydrogen) atoms. The second-order valence-corrected chi connectivity index (χ2v) is 4.96. The summed E-state index contributed by atoms with van der Waals surface area (Å²) in [5, 5.41) is 2.30. The summed E-state index contributed by atoms with van der Waals surface area (Å²) in [6.07, 6.45) is 4.30. The molecule has 3 rings (SSSR count). The van der Waals surface area contributed by atoms with Crippen molar-refractivity contribution < 1.29 is 4.74 Å². The molecule has 0 atom stereocenters. The van der Waals surface area contributed by atoms with Crippen LogP contribution in [0.1, 0.15) is 12.8 Å². The highest BCUT2D eigenvalue weighted by Gasteiger charge is 2.19. The van der Waals surface area contributed by atoms with Crippen LogP contribution in [0, 0.1) is 0 Å². The molecule has 0 amide bonds. The van der Waals surface area contributed by atoms with Gasteiger partial charge in [0.1, 0.15) is 6.10 Å². The molecule has 1 aliphatic rings. The molecule has 2 heterocycles. The summed E-state index contributed by atoms with van der Waals surface area (Å²) < 4.78 is 6.08. The first-order chi connectivity index (χ1) is 8.83. The molecule has 0 N–H and O–H groups in total. The lowest BCUT2D eigenvalue weighted by atomic mass is 10.1. The number of rotatable bonds is 2. The first-order valence-corrected chi connectivity index (χ1v) is 6.52. The van der Waals surface area contributed by atoms with Crippen LogP contribution in [0.4, 0.5) is 0 Å². The summed E-state index contributed by atoms with van der Waals surface area (Å²) in [6, 6.07) is 10.3. The average molecular weight is 242 g/mol. The number of hydrogen-bond acceptors (Lipinski definition) is 3. The van der Waals surface area contributed by atoms with Gasteiger partial charge < -0.3 is 9.64 Å². The van der Waals surface area contributed by atoms with Gasteiger partial charge in [0.2, 0.25) is 5.88 Å². The summed E-state index contributed by atoms with van der Waals surface area (Å²) in [5.74, 6) is 0.780. The molecule has 1 saturated heterocycles. The summed E-state index contributed by atoms with van der Waals surface area (Å²) in [6.45, 7) is 2.21. The van der Waals surface area contributed by atoms with Gasteiger partial charge in [-0.05, 0) is 37.4 Å². The number of ether oxygens (including phenoxy) is 1. The lowest BCUT2D eigenvalue weighted by Gasteiger charge is -2.29. The van der Waals surface area contributed by atoms with E-state index in [0.717, 1.165) is 37.2 Å². The molecule has 0 unspecified atom stereocenters. The van der Waals surface area contributed by atoms with Crippen LogP contribution in [0.5, 0.6) is 5.88 Å². The Morgan fingerprint density at radius 3 is 2.78 bits per heavy atom. The highest BCUT2D eigenvalue weighted by molar-refractivity contribution is 5.86. The van der Waals surface area contributed by atoms with Crippen LogP contribution in [-0.2, 0) is 0 Å². The van der Waals surface area contributed by atoms with Crippen LogP contribution < -0.4 is 4.74 Å². The van der Waals surface area contributed by atoms with Crippen molar-refractivity contribution in [1.82, 2.24) is 9.88 Å². The van der Waals surface area contributed by atoms with Crippen molar-refractivity contribution >= 4 is 10.8 Å². The van der Waals surface area contributed by atoms with Gasteiger partial charge in [-0.1, -0.05) is 18.2 Å². The van der Waals surface area contributed by atoms with Crippen molar-refractivity contribution in [2.24, 2.45) is 0 Å². The van der Waals surface area contributed by atoms with E-state index in [2.05, 4.69) is 29.1 Å². The fraction of sp³-hybridized carbons (Fsp3) is 0.400. The Kier molecular flexibility index (Phi) is 3.15. The maximum Gasteiger partial charge on any atom is 0.221 e. The number of benzene rings is 1. The Labute approximate surface area is 107 Å². The monoisotopic (exact) mass is 242 g/mol. The molecule has 2 aromatic rings. The molecule has 0 saturated carbocycles. The Balaban J connectivity index is 1.82. The number of pyridine rings is 1. The van der Waals surface area contributed by atoms with E-state index >= 15 is 0 Å². The minimum atomic E-state index is 0.305. The second kappa shape index (κ2) is 4.94. The predicted octanol–water partition coefficient (Wildman–Crippen LogP) is 2.71. The van der Waals surface area contributed by atoms with Gasteiger partial charge in [0.15, 0.2) is 0 Å². The van der Waals surface area contributed by atoms with Crippen LogP contribution >= 0.6 is 0 Å². The topological polar surface area (TPSA) is 25.4 Å². The summed E-state index contributed by atoms with van der Waals surface area (Å²) in [4.78, 5) is 6.73.